The van der Waals surface area contributed by atoms with E-state index < -0.39 is 17.0 Å². The zero-order valence-corrected chi connectivity index (χ0v) is 22.5. The average molecular weight is 517 g/mol. The van der Waals surface area contributed by atoms with E-state index in [0.717, 1.165) is 22.4 Å². The van der Waals surface area contributed by atoms with Crippen LogP contribution < -0.4 is 15.8 Å². The number of esters is 1. The molecule has 1 amide bonds. The van der Waals surface area contributed by atoms with Gasteiger partial charge in [-0.25, -0.2) is 0 Å². The van der Waals surface area contributed by atoms with Crippen molar-refractivity contribution in [2.45, 2.75) is 71.4 Å². The third-order valence-corrected chi connectivity index (χ3v) is 6.08. The number of hydrogen-bond acceptors (Lipinski definition) is 5. The summed E-state index contributed by atoms with van der Waals surface area (Å²) in [5.74, 6) is -0.568. The van der Waals surface area contributed by atoms with E-state index in [9.17, 15) is 22.8 Å². The smallest absolute Gasteiger partial charge is 0.441 e. The van der Waals surface area contributed by atoms with E-state index in [-0.39, 0.29) is 35.9 Å². The molecule has 0 bridgehead atoms. The Morgan fingerprint density at radius 1 is 1.23 bits per heavy atom. The number of ether oxygens (including phenoxy) is 1. The van der Waals surface area contributed by atoms with E-state index in [1.807, 2.05) is 45.8 Å². The second kappa shape index (κ2) is 13.8. The van der Waals surface area contributed by atoms with Gasteiger partial charge in [-0.3, -0.25) is 9.59 Å². The Bertz CT molecular complexity index is 958. The van der Waals surface area contributed by atoms with Crippen LogP contribution in [0.4, 0.5) is 13.2 Å². The van der Waals surface area contributed by atoms with Crippen LogP contribution in [0.2, 0.25) is 0 Å². The second-order valence-corrected chi connectivity index (χ2v) is 10.7. The number of hydrogen-bond donors (Lipinski definition) is 1. The largest absolute Gasteiger partial charge is 0.460 e. The van der Waals surface area contributed by atoms with Crippen molar-refractivity contribution in [2.24, 2.45) is 5.92 Å². The molecular formula is C26H39F3N2O3S. The van der Waals surface area contributed by atoms with Gasteiger partial charge in [-0.05, 0) is 68.1 Å². The van der Waals surface area contributed by atoms with Crippen LogP contribution in [0.5, 0.6) is 0 Å². The summed E-state index contributed by atoms with van der Waals surface area (Å²) < 4.78 is 42.4. The van der Waals surface area contributed by atoms with Crippen molar-refractivity contribution in [2.75, 3.05) is 25.9 Å². The Morgan fingerprint density at radius 2 is 1.89 bits per heavy atom. The molecule has 0 aromatic heterocycles. The molecule has 5 nitrogen and oxygen atoms in total. The summed E-state index contributed by atoms with van der Waals surface area (Å²) in [6.07, 6.45) is 4.48. The number of rotatable bonds is 12. The van der Waals surface area contributed by atoms with Gasteiger partial charge < -0.3 is 15.0 Å². The standard InChI is InChI=1S/C26H39F3N2O3S/c1-8-19(11-13-23(32)34-25(4,5)6)16-31(7)17-22-18(3)10-12-21(20(22)9-2)24(33)30-14-15-35-26(27,28)29/h10,12,17,19H,3,8-9,11,13-16H2,1-2,4-7H3,(H,30,33)/b22-17+. The first kappa shape index (κ1) is 30.9. The molecule has 0 aliphatic carbocycles. The molecule has 1 atom stereocenters. The minimum Gasteiger partial charge on any atom is -0.460 e. The zero-order chi connectivity index (χ0) is 26.8. The first-order valence-corrected chi connectivity index (χ1v) is 12.9. The number of benzene rings is 1. The lowest BCUT2D eigenvalue weighted by atomic mass is 9.99. The molecule has 0 fully saturated rings. The Hall–Kier alpha value is -2.16. The van der Waals surface area contributed by atoms with Gasteiger partial charge in [0.1, 0.15) is 5.60 Å². The van der Waals surface area contributed by atoms with E-state index in [1.165, 1.54) is 0 Å². The maximum atomic E-state index is 12.7. The normalized spacial score (nSPS) is 13.5. The molecular weight excluding hydrogens is 477 g/mol. The van der Waals surface area contributed by atoms with Crippen molar-refractivity contribution in [3.8, 4) is 0 Å². The molecule has 1 aromatic carbocycles. The summed E-state index contributed by atoms with van der Waals surface area (Å²) in [7, 11) is 1.94. The van der Waals surface area contributed by atoms with E-state index in [0.29, 0.717) is 31.4 Å². The second-order valence-electron chi connectivity index (χ2n) is 9.54. The number of nitrogens with zero attached hydrogens (tertiary/aromatic N) is 1. The molecule has 35 heavy (non-hydrogen) atoms. The summed E-state index contributed by atoms with van der Waals surface area (Å²) in [6.45, 7) is 14.3. The van der Waals surface area contributed by atoms with Gasteiger partial charge in [-0.15, -0.1) is 0 Å². The van der Waals surface area contributed by atoms with E-state index in [2.05, 4.69) is 18.8 Å². The summed E-state index contributed by atoms with van der Waals surface area (Å²) in [6, 6.07) is 3.42. The summed E-state index contributed by atoms with van der Waals surface area (Å²) in [4.78, 5) is 26.8. The van der Waals surface area contributed by atoms with Crippen LogP contribution >= 0.6 is 11.8 Å². The van der Waals surface area contributed by atoms with Crippen molar-refractivity contribution in [3.05, 3.63) is 33.7 Å². The van der Waals surface area contributed by atoms with Gasteiger partial charge in [0.2, 0.25) is 0 Å². The number of halogens is 3. The SMILES string of the molecule is C=c1ccc(C(=O)NCCSC(F)(F)F)c(CC)/c1=C/N(C)CC(CC)CCC(=O)OC(C)(C)C. The molecule has 0 aliphatic rings. The highest BCUT2D eigenvalue weighted by Gasteiger charge is 2.27. The maximum absolute atomic E-state index is 12.7. The maximum Gasteiger partial charge on any atom is 0.441 e. The van der Waals surface area contributed by atoms with Gasteiger partial charge in [0.05, 0.1) is 0 Å². The van der Waals surface area contributed by atoms with Gasteiger partial charge in [-0.2, -0.15) is 13.2 Å². The van der Waals surface area contributed by atoms with Crippen molar-refractivity contribution in [1.29, 1.82) is 0 Å². The molecule has 0 aliphatic heterocycles. The lowest BCUT2D eigenvalue weighted by Crippen LogP contribution is -2.36. The number of thioether (sulfide) groups is 1. The lowest BCUT2D eigenvalue weighted by Gasteiger charge is -2.23. The van der Waals surface area contributed by atoms with Crippen LogP contribution in [0.15, 0.2) is 12.1 Å². The fourth-order valence-electron chi connectivity index (χ4n) is 3.71. The third-order valence-electron chi connectivity index (χ3n) is 5.35. The summed E-state index contributed by atoms with van der Waals surface area (Å²) >= 11 is -0.156. The summed E-state index contributed by atoms with van der Waals surface area (Å²) in [5.41, 5.74) is -3.58. The first-order chi connectivity index (χ1) is 16.2. The van der Waals surface area contributed by atoms with Gasteiger partial charge in [0.15, 0.2) is 0 Å². The lowest BCUT2D eigenvalue weighted by molar-refractivity contribution is -0.155. The van der Waals surface area contributed by atoms with E-state index in [4.69, 9.17) is 4.74 Å². The van der Waals surface area contributed by atoms with Crippen LogP contribution in [0, 0.1) is 5.92 Å². The fraction of sp³-hybridized carbons (Fsp3) is 0.615. The highest BCUT2D eigenvalue weighted by Crippen LogP contribution is 2.29. The average Bonchev–Trinajstić information content (AvgIpc) is 2.73. The van der Waals surface area contributed by atoms with Crippen LogP contribution in [0.25, 0.3) is 12.8 Å². The number of alkyl halides is 3. The predicted molar refractivity (Wildman–Crippen MR) is 137 cm³/mol. The fourth-order valence-corrected chi connectivity index (χ4v) is 4.15. The van der Waals surface area contributed by atoms with Crippen molar-refractivity contribution in [1.82, 2.24) is 10.2 Å². The van der Waals surface area contributed by atoms with Crippen LogP contribution in [-0.2, 0) is 16.0 Å². The molecule has 1 rings (SSSR count). The van der Waals surface area contributed by atoms with Crippen molar-refractivity contribution >= 4 is 36.4 Å². The molecule has 1 aromatic rings. The monoisotopic (exact) mass is 516 g/mol. The van der Waals surface area contributed by atoms with Crippen molar-refractivity contribution < 1.29 is 27.5 Å². The van der Waals surface area contributed by atoms with Crippen molar-refractivity contribution in [3.63, 3.8) is 0 Å². The molecule has 1 unspecified atom stereocenters. The van der Waals surface area contributed by atoms with Gasteiger partial charge in [0.25, 0.3) is 5.91 Å². The zero-order valence-electron chi connectivity index (χ0n) is 21.7. The van der Waals surface area contributed by atoms with Gasteiger partial charge in [0, 0.05) is 49.3 Å². The molecule has 0 saturated heterocycles. The highest BCUT2D eigenvalue weighted by atomic mass is 32.2. The molecule has 0 heterocycles. The number of carbonyl (C=O) groups is 2. The number of carbonyl (C=O) groups excluding carboxylic acids is 2. The molecule has 9 heteroatoms. The Morgan fingerprint density at radius 3 is 2.43 bits per heavy atom. The van der Waals surface area contributed by atoms with E-state index in [1.54, 1.807) is 12.1 Å². The number of amides is 1. The van der Waals surface area contributed by atoms with Gasteiger partial charge in [-0.1, -0.05) is 32.9 Å². The van der Waals surface area contributed by atoms with Crippen LogP contribution in [-0.4, -0.2) is 53.8 Å². The first-order valence-electron chi connectivity index (χ1n) is 11.9. The number of nitrogens with one attached hydrogen (secondary N) is 1. The quantitative estimate of drug-likeness (QED) is 0.328. The van der Waals surface area contributed by atoms with E-state index >= 15 is 0 Å². The Balaban J connectivity index is 2.95. The predicted octanol–water partition coefficient (Wildman–Crippen LogP) is 4.46. The topological polar surface area (TPSA) is 58.6 Å². The summed E-state index contributed by atoms with van der Waals surface area (Å²) in [5, 5.41) is 4.17. The Kier molecular flexibility index (Phi) is 12.2. The van der Waals surface area contributed by atoms with Gasteiger partial charge >= 0.3 is 11.5 Å². The molecule has 1 N–H and O–H groups in total. The third kappa shape index (κ3) is 11.9. The molecule has 0 saturated carbocycles. The minimum absolute atomic E-state index is 0.0763. The molecule has 0 spiro atoms. The van der Waals surface area contributed by atoms with Crippen LogP contribution in [0.3, 0.4) is 0 Å². The highest BCUT2D eigenvalue weighted by molar-refractivity contribution is 8.00. The van der Waals surface area contributed by atoms with Crippen LogP contribution in [0.1, 0.15) is 69.8 Å². The molecule has 0 radical (unpaired) electrons. The molecule has 198 valence electrons. The Labute approximate surface area is 211 Å². The minimum atomic E-state index is -4.31.